The second-order valence-corrected chi connectivity index (χ2v) is 6.97. The normalized spacial score (nSPS) is 17.9. The highest BCUT2D eigenvalue weighted by molar-refractivity contribution is 6.31. The molecule has 1 atom stereocenters. The van der Waals surface area contributed by atoms with Gasteiger partial charge in [-0.1, -0.05) is 29.8 Å². The Morgan fingerprint density at radius 3 is 2.96 bits per heavy atom. The molecule has 1 fully saturated rings. The summed E-state index contributed by atoms with van der Waals surface area (Å²) in [4.78, 5) is 16.9. The van der Waals surface area contributed by atoms with Gasteiger partial charge in [0.2, 0.25) is 0 Å². The summed E-state index contributed by atoms with van der Waals surface area (Å²) in [5.41, 5.74) is 2.19. The lowest BCUT2D eigenvalue weighted by atomic mass is 10.1. The minimum atomic E-state index is -0.0455. The van der Waals surface area contributed by atoms with Gasteiger partial charge < -0.3 is 10.3 Å². The Bertz CT molecular complexity index is 953. The summed E-state index contributed by atoms with van der Waals surface area (Å²) in [6.07, 6.45) is 2.78. The average Bonchev–Trinajstić information content (AvgIpc) is 3.04. The zero-order valence-corrected chi connectivity index (χ0v) is 14.6. The number of H-pyrrole nitrogens is 1. The molecule has 5 heteroatoms. The van der Waals surface area contributed by atoms with E-state index in [0.29, 0.717) is 6.04 Å². The van der Waals surface area contributed by atoms with Crippen LogP contribution in [0.2, 0.25) is 5.02 Å². The van der Waals surface area contributed by atoms with Crippen molar-refractivity contribution in [3.8, 4) is 0 Å². The molecule has 1 aliphatic rings. The predicted molar refractivity (Wildman–Crippen MR) is 103 cm³/mol. The molecular formula is C20H20ClN3O. The van der Waals surface area contributed by atoms with Crippen LogP contribution in [-0.4, -0.2) is 29.0 Å². The number of rotatable bonds is 4. The molecule has 1 unspecified atom stereocenters. The Kier molecular flexibility index (Phi) is 4.47. The number of halogens is 1. The summed E-state index contributed by atoms with van der Waals surface area (Å²) in [5, 5.41) is 6.11. The molecule has 2 aromatic carbocycles. The molecule has 1 aliphatic heterocycles. The van der Waals surface area contributed by atoms with E-state index in [2.05, 4.69) is 21.3 Å². The zero-order chi connectivity index (χ0) is 17.2. The minimum Gasteiger partial charge on any atom is -0.381 e. The molecule has 4 nitrogen and oxygen atoms in total. The highest BCUT2D eigenvalue weighted by atomic mass is 35.5. The smallest absolute Gasteiger partial charge is 0.255 e. The Morgan fingerprint density at radius 2 is 2.08 bits per heavy atom. The Morgan fingerprint density at radius 1 is 1.20 bits per heavy atom. The van der Waals surface area contributed by atoms with E-state index in [1.807, 2.05) is 42.5 Å². The third-order valence-corrected chi connectivity index (χ3v) is 5.14. The molecule has 2 N–H and O–H groups in total. The molecule has 4 rings (SSSR count). The summed E-state index contributed by atoms with van der Waals surface area (Å²) >= 11 is 6.27. The molecule has 128 valence electrons. The quantitative estimate of drug-likeness (QED) is 0.748. The lowest BCUT2D eigenvalue weighted by Gasteiger charge is -2.18. The molecule has 0 amide bonds. The van der Waals surface area contributed by atoms with E-state index in [1.165, 1.54) is 5.56 Å². The van der Waals surface area contributed by atoms with E-state index in [9.17, 15) is 4.79 Å². The van der Waals surface area contributed by atoms with E-state index >= 15 is 0 Å². The first-order valence-electron chi connectivity index (χ1n) is 8.53. The van der Waals surface area contributed by atoms with Crippen LogP contribution in [0, 0.1) is 0 Å². The fourth-order valence-corrected chi connectivity index (χ4v) is 3.67. The van der Waals surface area contributed by atoms with Crippen molar-refractivity contribution in [2.24, 2.45) is 0 Å². The van der Waals surface area contributed by atoms with Crippen LogP contribution in [0.4, 0.5) is 5.69 Å². The van der Waals surface area contributed by atoms with Gasteiger partial charge in [-0.2, -0.15) is 0 Å². The van der Waals surface area contributed by atoms with Crippen molar-refractivity contribution in [3.05, 3.63) is 75.7 Å². The van der Waals surface area contributed by atoms with Gasteiger partial charge in [0, 0.05) is 48.0 Å². The number of hydrogen-bond donors (Lipinski definition) is 2. The largest absolute Gasteiger partial charge is 0.381 e. The maximum absolute atomic E-state index is 11.8. The van der Waals surface area contributed by atoms with Gasteiger partial charge in [-0.25, -0.2) is 0 Å². The van der Waals surface area contributed by atoms with Gasteiger partial charge in [0.1, 0.15) is 0 Å². The summed E-state index contributed by atoms with van der Waals surface area (Å²) in [6, 6.07) is 16.3. The van der Waals surface area contributed by atoms with Gasteiger partial charge in [0.15, 0.2) is 0 Å². The Labute approximate surface area is 151 Å². The number of aromatic amines is 1. The SMILES string of the molecule is O=c1[nH]ccc2cc(NC3CCN(Cc4ccccc4Cl)C3)ccc12. The number of anilines is 1. The number of fused-ring (bicyclic) bond motifs is 1. The predicted octanol–water partition coefficient (Wildman–Crippen LogP) is 3.87. The summed E-state index contributed by atoms with van der Waals surface area (Å²) in [5.74, 6) is 0. The lowest BCUT2D eigenvalue weighted by Crippen LogP contribution is -2.26. The lowest BCUT2D eigenvalue weighted by molar-refractivity contribution is 0.329. The average molecular weight is 354 g/mol. The number of pyridine rings is 1. The van der Waals surface area contributed by atoms with Gasteiger partial charge in [-0.05, 0) is 47.7 Å². The summed E-state index contributed by atoms with van der Waals surface area (Å²) < 4.78 is 0. The molecule has 0 radical (unpaired) electrons. The van der Waals surface area contributed by atoms with Crippen molar-refractivity contribution in [2.75, 3.05) is 18.4 Å². The highest BCUT2D eigenvalue weighted by Crippen LogP contribution is 2.23. The van der Waals surface area contributed by atoms with E-state index in [4.69, 9.17) is 11.6 Å². The van der Waals surface area contributed by atoms with Gasteiger partial charge in [0.25, 0.3) is 5.56 Å². The van der Waals surface area contributed by atoms with E-state index in [-0.39, 0.29) is 5.56 Å². The number of benzene rings is 2. The molecule has 3 aromatic rings. The standard InChI is InChI=1S/C20H20ClN3O/c21-19-4-2-1-3-15(19)12-24-10-8-17(13-24)23-16-5-6-18-14(11-16)7-9-22-20(18)25/h1-7,9,11,17,23H,8,10,12-13H2,(H,22,25). The molecule has 0 saturated carbocycles. The monoisotopic (exact) mass is 353 g/mol. The number of nitrogens with one attached hydrogen (secondary N) is 2. The van der Waals surface area contributed by atoms with Crippen LogP contribution in [0.5, 0.6) is 0 Å². The van der Waals surface area contributed by atoms with Crippen LogP contribution < -0.4 is 10.9 Å². The molecule has 0 spiro atoms. The fraction of sp³-hybridized carbons (Fsp3) is 0.250. The summed E-state index contributed by atoms with van der Waals surface area (Å²) in [6.45, 7) is 2.92. The third-order valence-electron chi connectivity index (χ3n) is 4.77. The van der Waals surface area contributed by atoms with Crippen molar-refractivity contribution in [3.63, 3.8) is 0 Å². The van der Waals surface area contributed by atoms with E-state index in [0.717, 1.165) is 47.5 Å². The maximum Gasteiger partial charge on any atom is 0.255 e. The molecular weight excluding hydrogens is 334 g/mol. The van der Waals surface area contributed by atoms with Gasteiger partial charge >= 0.3 is 0 Å². The van der Waals surface area contributed by atoms with Crippen molar-refractivity contribution in [2.45, 2.75) is 19.0 Å². The van der Waals surface area contributed by atoms with E-state index < -0.39 is 0 Å². The van der Waals surface area contributed by atoms with Gasteiger partial charge in [-0.15, -0.1) is 0 Å². The number of aromatic nitrogens is 1. The fourth-order valence-electron chi connectivity index (χ4n) is 3.48. The molecule has 1 aromatic heterocycles. The highest BCUT2D eigenvalue weighted by Gasteiger charge is 2.22. The Balaban J connectivity index is 1.43. The number of hydrogen-bond acceptors (Lipinski definition) is 3. The zero-order valence-electron chi connectivity index (χ0n) is 13.8. The topological polar surface area (TPSA) is 48.1 Å². The van der Waals surface area contributed by atoms with Crippen LogP contribution in [0.3, 0.4) is 0 Å². The molecule has 1 saturated heterocycles. The van der Waals surface area contributed by atoms with E-state index in [1.54, 1.807) is 6.20 Å². The van der Waals surface area contributed by atoms with Crippen LogP contribution >= 0.6 is 11.6 Å². The van der Waals surface area contributed by atoms with Crippen molar-refractivity contribution < 1.29 is 0 Å². The Hall–Kier alpha value is -2.30. The minimum absolute atomic E-state index is 0.0455. The van der Waals surface area contributed by atoms with Crippen molar-refractivity contribution in [1.82, 2.24) is 9.88 Å². The first-order chi connectivity index (χ1) is 12.2. The second kappa shape index (κ2) is 6.90. The molecule has 25 heavy (non-hydrogen) atoms. The van der Waals surface area contributed by atoms with Crippen molar-refractivity contribution >= 4 is 28.1 Å². The number of nitrogens with zero attached hydrogens (tertiary/aromatic N) is 1. The maximum atomic E-state index is 11.8. The van der Waals surface area contributed by atoms with Crippen LogP contribution in [0.15, 0.2) is 59.5 Å². The summed E-state index contributed by atoms with van der Waals surface area (Å²) in [7, 11) is 0. The molecule has 0 bridgehead atoms. The molecule has 0 aliphatic carbocycles. The van der Waals surface area contributed by atoms with Gasteiger partial charge in [-0.3, -0.25) is 9.69 Å². The first kappa shape index (κ1) is 16.2. The molecule has 2 heterocycles. The van der Waals surface area contributed by atoms with Crippen LogP contribution in [0.1, 0.15) is 12.0 Å². The van der Waals surface area contributed by atoms with Crippen LogP contribution in [0.25, 0.3) is 10.8 Å². The number of likely N-dealkylation sites (tertiary alicyclic amines) is 1. The first-order valence-corrected chi connectivity index (χ1v) is 8.90. The van der Waals surface area contributed by atoms with Gasteiger partial charge in [0.05, 0.1) is 0 Å². The third kappa shape index (κ3) is 3.55. The van der Waals surface area contributed by atoms with Crippen LogP contribution in [-0.2, 0) is 6.54 Å². The van der Waals surface area contributed by atoms with Crippen molar-refractivity contribution in [1.29, 1.82) is 0 Å². The second-order valence-electron chi connectivity index (χ2n) is 6.57.